The van der Waals surface area contributed by atoms with Crippen molar-refractivity contribution in [3.05, 3.63) is 11.6 Å². The largest absolute Gasteiger partial charge is 0.460 e. The number of carbonyl (C=O) groups is 2. The lowest BCUT2D eigenvalue weighted by Crippen LogP contribution is -2.52. The molecule has 3 fully saturated rings. The lowest BCUT2D eigenvalue weighted by atomic mass is 9.88. The Balaban J connectivity index is 1.60. The average molecular weight is 319 g/mol. The van der Waals surface area contributed by atoms with Gasteiger partial charge in [-0.15, -0.1) is 0 Å². The number of nitrogens with zero attached hydrogens (tertiary/aromatic N) is 1. The second-order valence-corrected chi connectivity index (χ2v) is 7.64. The van der Waals surface area contributed by atoms with Crippen molar-refractivity contribution in [2.75, 3.05) is 6.54 Å². The summed E-state index contributed by atoms with van der Waals surface area (Å²) < 4.78 is 11.5. The van der Waals surface area contributed by atoms with Crippen LogP contribution in [0.3, 0.4) is 0 Å². The van der Waals surface area contributed by atoms with E-state index < -0.39 is 5.60 Å². The fourth-order valence-corrected chi connectivity index (χ4v) is 4.99. The number of hydrogen-bond acceptors (Lipinski definition) is 5. The summed E-state index contributed by atoms with van der Waals surface area (Å²) in [6.45, 7) is 4.80. The van der Waals surface area contributed by atoms with Gasteiger partial charge in [0, 0.05) is 11.6 Å². The predicted octanol–water partition coefficient (Wildman–Crippen LogP) is 2.20. The van der Waals surface area contributed by atoms with Crippen LogP contribution in [-0.4, -0.2) is 47.2 Å². The van der Waals surface area contributed by atoms with Crippen LogP contribution in [-0.2, 0) is 19.1 Å². The van der Waals surface area contributed by atoms with Gasteiger partial charge < -0.3 is 9.47 Å². The second-order valence-electron chi connectivity index (χ2n) is 7.64. The maximum absolute atomic E-state index is 12.0. The highest BCUT2D eigenvalue weighted by Crippen LogP contribution is 2.45. The van der Waals surface area contributed by atoms with Gasteiger partial charge in [-0.25, -0.2) is 4.79 Å². The van der Waals surface area contributed by atoms with Crippen LogP contribution in [0, 0.1) is 5.92 Å². The molecule has 126 valence electrons. The normalized spacial score (nSPS) is 44.0. The molecule has 5 heteroatoms. The zero-order valence-electron chi connectivity index (χ0n) is 13.9. The molecule has 23 heavy (non-hydrogen) atoms. The zero-order valence-corrected chi connectivity index (χ0v) is 13.9. The smallest absolute Gasteiger partial charge is 0.334 e. The average Bonchev–Trinajstić information content (AvgIpc) is 3.11. The zero-order chi connectivity index (χ0) is 16.2. The van der Waals surface area contributed by atoms with E-state index in [-0.39, 0.29) is 36.0 Å². The lowest BCUT2D eigenvalue weighted by Gasteiger charge is -2.38. The van der Waals surface area contributed by atoms with Crippen molar-refractivity contribution in [3.8, 4) is 0 Å². The topological polar surface area (TPSA) is 55.8 Å². The highest BCUT2D eigenvalue weighted by atomic mass is 16.6. The van der Waals surface area contributed by atoms with Gasteiger partial charge in [0.05, 0.1) is 12.0 Å². The number of rotatable bonds is 1. The molecular formula is C18H25NO4. The van der Waals surface area contributed by atoms with Crippen LogP contribution in [0.2, 0.25) is 0 Å². The molecule has 3 saturated heterocycles. The van der Waals surface area contributed by atoms with E-state index in [9.17, 15) is 9.59 Å². The number of fused-ring (bicyclic) bond motifs is 2. The molecule has 0 aromatic heterocycles. The molecule has 0 saturated carbocycles. The maximum Gasteiger partial charge on any atom is 0.334 e. The molecule has 4 aliphatic heterocycles. The third kappa shape index (κ3) is 2.32. The number of hydrogen-bond donors (Lipinski definition) is 0. The molecule has 4 rings (SSSR count). The highest BCUT2D eigenvalue weighted by Gasteiger charge is 2.54. The van der Waals surface area contributed by atoms with Crippen LogP contribution in [0.5, 0.6) is 0 Å². The van der Waals surface area contributed by atoms with E-state index in [1.165, 1.54) is 0 Å². The molecule has 0 radical (unpaired) electrons. The number of ether oxygens (including phenoxy) is 2. The Labute approximate surface area is 137 Å². The Morgan fingerprint density at radius 3 is 2.74 bits per heavy atom. The van der Waals surface area contributed by atoms with Gasteiger partial charge in [-0.1, -0.05) is 6.92 Å². The van der Waals surface area contributed by atoms with Gasteiger partial charge in [-0.2, -0.15) is 0 Å². The first-order valence-corrected chi connectivity index (χ1v) is 8.89. The third-order valence-corrected chi connectivity index (χ3v) is 6.11. The van der Waals surface area contributed by atoms with Crippen molar-refractivity contribution >= 4 is 11.9 Å². The number of esters is 2. The summed E-state index contributed by atoms with van der Waals surface area (Å²) in [7, 11) is 0. The fourth-order valence-electron chi connectivity index (χ4n) is 4.99. The predicted molar refractivity (Wildman–Crippen MR) is 83.6 cm³/mol. The van der Waals surface area contributed by atoms with E-state index in [4.69, 9.17) is 9.47 Å². The minimum atomic E-state index is -0.458. The number of cyclic esters (lactones) is 1. The van der Waals surface area contributed by atoms with Crippen molar-refractivity contribution in [3.63, 3.8) is 0 Å². The molecule has 0 unspecified atom stereocenters. The Kier molecular flexibility index (Phi) is 3.52. The molecule has 0 amide bonds. The molecule has 0 aliphatic carbocycles. The number of carbonyl (C=O) groups excluding carboxylic acids is 2. The Hall–Kier alpha value is -1.36. The summed E-state index contributed by atoms with van der Waals surface area (Å²) in [5.41, 5.74) is 0.275. The van der Waals surface area contributed by atoms with E-state index in [0.717, 1.165) is 50.6 Å². The van der Waals surface area contributed by atoms with Gasteiger partial charge in [-0.05, 0) is 58.1 Å². The highest BCUT2D eigenvalue weighted by molar-refractivity contribution is 5.91. The first-order valence-electron chi connectivity index (χ1n) is 8.89. The first kappa shape index (κ1) is 15.2. The van der Waals surface area contributed by atoms with E-state index in [1.807, 2.05) is 13.8 Å². The molecule has 4 aliphatic rings. The lowest BCUT2D eigenvalue weighted by molar-refractivity contribution is -0.152. The molecule has 4 heterocycles. The van der Waals surface area contributed by atoms with Crippen molar-refractivity contribution in [1.82, 2.24) is 4.90 Å². The summed E-state index contributed by atoms with van der Waals surface area (Å²) in [4.78, 5) is 26.3. The minimum absolute atomic E-state index is 0.000156. The molecule has 5 nitrogen and oxygen atoms in total. The van der Waals surface area contributed by atoms with Gasteiger partial charge in [0.2, 0.25) is 0 Å². The minimum Gasteiger partial charge on any atom is -0.460 e. The van der Waals surface area contributed by atoms with E-state index in [0.29, 0.717) is 0 Å². The molecule has 1 spiro atoms. The Morgan fingerprint density at radius 2 is 2.09 bits per heavy atom. The summed E-state index contributed by atoms with van der Waals surface area (Å²) in [6.07, 6.45) is 7.97. The van der Waals surface area contributed by atoms with Crippen LogP contribution >= 0.6 is 0 Å². The van der Waals surface area contributed by atoms with Gasteiger partial charge >= 0.3 is 11.9 Å². The van der Waals surface area contributed by atoms with Crippen LogP contribution in [0.4, 0.5) is 0 Å². The summed E-state index contributed by atoms with van der Waals surface area (Å²) in [6, 6.07) is 0.503. The van der Waals surface area contributed by atoms with Gasteiger partial charge in [0.15, 0.2) is 0 Å². The van der Waals surface area contributed by atoms with E-state index in [1.54, 1.807) is 0 Å². The van der Waals surface area contributed by atoms with Crippen molar-refractivity contribution in [2.45, 2.75) is 76.2 Å². The van der Waals surface area contributed by atoms with Crippen molar-refractivity contribution in [1.29, 1.82) is 0 Å². The van der Waals surface area contributed by atoms with Crippen LogP contribution in [0.15, 0.2) is 11.6 Å². The van der Waals surface area contributed by atoms with Crippen molar-refractivity contribution < 1.29 is 19.1 Å². The van der Waals surface area contributed by atoms with Gasteiger partial charge in [-0.3, -0.25) is 9.69 Å². The quantitative estimate of drug-likeness (QED) is 0.694. The van der Waals surface area contributed by atoms with Crippen LogP contribution < -0.4 is 0 Å². The van der Waals surface area contributed by atoms with Gasteiger partial charge in [0.1, 0.15) is 11.7 Å². The fraction of sp³-hybridized carbons (Fsp3) is 0.778. The third-order valence-electron chi connectivity index (χ3n) is 6.11. The van der Waals surface area contributed by atoms with E-state index >= 15 is 0 Å². The van der Waals surface area contributed by atoms with Crippen LogP contribution in [0.25, 0.3) is 0 Å². The monoisotopic (exact) mass is 319 g/mol. The summed E-state index contributed by atoms with van der Waals surface area (Å²) in [5, 5.41) is 0. The molecule has 0 aromatic carbocycles. The molecule has 5 atom stereocenters. The summed E-state index contributed by atoms with van der Waals surface area (Å²) >= 11 is 0. The summed E-state index contributed by atoms with van der Waals surface area (Å²) in [5.74, 6) is -0.228. The second kappa shape index (κ2) is 5.33. The Bertz CT molecular complexity index is 571. The molecular weight excluding hydrogens is 294 g/mol. The standard InChI is InChI=1S/C18H25NO4/c1-11-9-14(22-16(11)20)13-5-6-15-18(7-3-4-8-19(13)15)10-12(2)17(21)23-18/h10-11,13-15H,3-9H2,1-2H3/t11-,13-,14-,15-,18+/m0/s1. The first-order chi connectivity index (χ1) is 11.0. The van der Waals surface area contributed by atoms with E-state index in [2.05, 4.69) is 11.0 Å². The Morgan fingerprint density at radius 1 is 1.26 bits per heavy atom. The molecule has 0 bridgehead atoms. The molecule has 0 aromatic rings. The van der Waals surface area contributed by atoms with Gasteiger partial charge in [0.25, 0.3) is 0 Å². The SMILES string of the molecule is CC1=C[C@@]2(CCCCN3[C@H]2CC[C@H]3[C@@H]2C[C@H](C)C(=O)O2)OC1=O. The van der Waals surface area contributed by atoms with Crippen molar-refractivity contribution in [2.24, 2.45) is 5.92 Å². The maximum atomic E-state index is 12.0. The molecule has 0 N–H and O–H groups in total. The van der Waals surface area contributed by atoms with Crippen LogP contribution in [0.1, 0.15) is 52.4 Å².